The van der Waals surface area contributed by atoms with Crippen LogP contribution in [-0.2, 0) is 0 Å². The van der Waals surface area contributed by atoms with Gasteiger partial charge in [0.15, 0.2) is 0 Å². The molecule has 1 aromatic carbocycles. The number of phenols is 2. The summed E-state index contributed by atoms with van der Waals surface area (Å²) in [7, 11) is 0. The molecule has 2 N–H and O–H groups in total. The van der Waals surface area contributed by atoms with Crippen LogP contribution >= 0.6 is 0 Å². The Balaban J connectivity index is 2.77. The van der Waals surface area contributed by atoms with E-state index in [4.69, 9.17) is 0 Å². The molecule has 0 saturated carbocycles. The summed E-state index contributed by atoms with van der Waals surface area (Å²) in [6, 6.07) is 4.87. The number of phenolic OH excluding ortho intramolecular Hbond substituents is 2. The molecule has 0 bridgehead atoms. The van der Waals surface area contributed by atoms with E-state index in [2.05, 4.69) is 27.7 Å². The molecule has 0 saturated heterocycles. The molecular weight excluding hydrogens is 212 g/mol. The molecule has 2 heteroatoms. The maximum Gasteiger partial charge on any atom is 0.119 e. The maximum atomic E-state index is 9.49. The fourth-order valence-corrected chi connectivity index (χ4v) is 2.21. The van der Waals surface area contributed by atoms with Gasteiger partial charge < -0.3 is 10.2 Å². The fraction of sp³-hybridized carbons (Fsp3) is 0.600. The van der Waals surface area contributed by atoms with Crippen molar-refractivity contribution in [3.05, 3.63) is 23.8 Å². The molecular formula is C15H24O2. The summed E-state index contributed by atoms with van der Waals surface area (Å²) in [5.74, 6) is 1.90. The first-order valence-electron chi connectivity index (χ1n) is 6.47. The molecule has 0 spiro atoms. The highest BCUT2D eigenvalue weighted by molar-refractivity contribution is 5.38. The predicted octanol–water partition coefficient (Wildman–Crippen LogP) is 4.27. The van der Waals surface area contributed by atoms with Crippen LogP contribution in [0.5, 0.6) is 11.5 Å². The van der Waals surface area contributed by atoms with Gasteiger partial charge in [-0.05, 0) is 41.9 Å². The van der Waals surface area contributed by atoms with Crippen LogP contribution in [0.1, 0.15) is 52.0 Å². The molecule has 1 aromatic rings. The third-order valence-corrected chi connectivity index (χ3v) is 3.78. The second-order valence-electron chi connectivity index (χ2n) is 5.30. The smallest absolute Gasteiger partial charge is 0.119 e. The van der Waals surface area contributed by atoms with E-state index in [1.165, 1.54) is 18.9 Å². The Labute approximate surface area is 104 Å². The minimum Gasteiger partial charge on any atom is -0.508 e. The van der Waals surface area contributed by atoms with Gasteiger partial charge in [0.2, 0.25) is 0 Å². The molecule has 0 aliphatic carbocycles. The van der Waals surface area contributed by atoms with E-state index >= 15 is 0 Å². The lowest BCUT2D eigenvalue weighted by Gasteiger charge is -2.23. The molecule has 0 aromatic heterocycles. The Morgan fingerprint density at radius 2 is 1.53 bits per heavy atom. The monoisotopic (exact) mass is 236 g/mol. The van der Waals surface area contributed by atoms with Gasteiger partial charge in [-0.1, -0.05) is 34.1 Å². The first-order chi connectivity index (χ1) is 7.93. The summed E-state index contributed by atoms with van der Waals surface area (Å²) in [4.78, 5) is 0. The van der Waals surface area contributed by atoms with Crippen LogP contribution in [0.25, 0.3) is 0 Å². The number of hydrogen-bond acceptors (Lipinski definition) is 2. The van der Waals surface area contributed by atoms with Gasteiger partial charge in [0.05, 0.1) is 0 Å². The Morgan fingerprint density at radius 3 is 2.00 bits per heavy atom. The second-order valence-corrected chi connectivity index (χ2v) is 5.30. The van der Waals surface area contributed by atoms with Crippen LogP contribution in [0.2, 0.25) is 0 Å². The van der Waals surface area contributed by atoms with Crippen molar-refractivity contribution in [2.45, 2.75) is 46.5 Å². The lowest BCUT2D eigenvalue weighted by atomic mass is 9.82. The normalized spacial score (nSPS) is 16.5. The number of aromatic hydroxyl groups is 2. The molecule has 3 unspecified atom stereocenters. The van der Waals surface area contributed by atoms with Gasteiger partial charge >= 0.3 is 0 Å². The van der Waals surface area contributed by atoms with E-state index in [1.54, 1.807) is 12.1 Å². The van der Waals surface area contributed by atoms with Crippen molar-refractivity contribution in [3.8, 4) is 11.5 Å². The summed E-state index contributed by atoms with van der Waals surface area (Å²) in [5.41, 5.74) is 1.01. The van der Waals surface area contributed by atoms with Crippen molar-refractivity contribution in [3.63, 3.8) is 0 Å². The minimum absolute atomic E-state index is 0.141. The van der Waals surface area contributed by atoms with Crippen molar-refractivity contribution in [1.82, 2.24) is 0 Å². The van der Waals surface area contributed by atoms with Gasteiger partial charge in [-0.25, -0.2) is 0 Å². The molecule has 0 aliphatic heterocycles. The summed E-state index contributed by atoms with van der Waals surface area (Å²) in [6.45, 7) is 8.87. The minimum atomic E-state index is 0.141. The molecule has 96 valence electrons. The van der Waals surface area contributed by atoms with Crippen LogP contribution in [-0.4, -0.2) is 10.2 Å². The van der Waals surface area contributed by atoms with Crippen molar-refractivity contribution in [2.24, 2.45) is 11.8 Å². The largest absolute Gasteiger partial charge is 0.508 e. The zero-order valence-electron chi connectivity index (χ0n) is 11.3. The molecule has 0 radical (unpaired) electrons. The lowest BCUT2D eigenvalue weighted by molar-refractivity contribution is 0.363. The topological polar surface area (TPSA) is 40.5 Å². The SMILES string of the molecule is CCC(C)CC(C)C(C)c1cc(O)cc(O)c1. The molecule has 0 fully saturated rings. The van der Waals surface area contributed by atoms with E-state index in [-0.39, 0.29) is 11.5 Å². The average Bonchev–Trinajstić information content (AvgIpc) is 2.26. The highest BCUT2D eigenvalue weighted by Gasteiger charge is 2.17. The standard InChI is InChI=1S/C15H24O2/c1-5-10(2)6-11(3)12(4)13-7-14(16)9-15(17)8-13/h7-12,16-17H,5-6H2,1-4H3. The van der Waals surface area contributed by atoms with E-state index in [1.807, 2.05) is 0 Å². The van der Waals surface area contributed by atoms with Gasteiger partial charge in [-0.3, -0.25) is 0 Å². The highest BCUT2D eigenvalue weighted by atomic mass is 16.3. The Kier molecular flexibility index (Phi) is 4.86. The molecule has 0 heterocycles. The van der Waals surface area contributed by atoms with Gasteiger partial charge in [0, 0.05) is 6.07 Å². The quantitative estimate of drug-likeness (QED) is 0.801. The van der Waals surface area contributed by atoms with Crippen LogP contribution in [0.15, 0.2) is 18.2 Å². The van der Waals surface area contributed by atoms with Crippen molar-refractivity contribution >= 4 is 0 Å². The third-order valence-electron chi connectivity index (χ3n) is 3.78. The molecule has 0 amide bonds. The van der Waals surface area contributed by atoms with Crippen LogP contribution in [0.4, 0.5) is 0 Å². The van der Waals surface area contributed by atoms with Crippen molar-refractivity contribution in [2.75, 3.05) is 0 Å². The van der Waals surface area contributed by atoms with E-state index in [9.17, 15) is 10.2 Å². The highest BCUT2D eigenvalue weighted by Crippen LogP contribution is 2.33. The van der Waals surface area contributed by atoms with Gasteiger partial charge in [0.1, 0.15) is 11.5 Å². The predicted molar refractivity (Wildman–Crippen MR) is 71.4 cm³/mol. The fourth-order valence-electron chi connectivity index (χ4n) is 2.21. The van der Waals surface area contributed by atoms with E-state index in [0.717, 1.165) is 11.5 Å². The maximum absolute atomic E-state index is 9.49. The molecule has 1 rings (SSSR count). The zero-order chi connectivity index (χ0) is 13.0. The number of hydrogen-bond donors (Lipinski definition) is 2. The molecule has 2 nitrogen and oxygen atoms in total. The number of benzene rings is 1. The van der Waals surface area contributed by atoms with Gasteiger partial charge in [-0.15, -0.1) is 0 Å². The first-order valence-corrected chi connectivity index (χ1v) is 6.47. The summed E-state index contributed by atoms with van der Waals surface area (Å²) >= 11 is 0. The van der Waals surface area contributed by atoms with Crippen molar-refractivity contribution < 1.29 is 10.2 Å². The summed E-state index contributed by atoms with van der Waals surface area (Å²) in [5, 5.41) is 19.0. The van der Waals surface area contributed by atoms with Crippen LogP contribution in [0, 0.1) is 11.8 Å². The van der Waals surface area contributed by atoms with E-state index in [0.29, 0.717) is 11.8 Å². The lowest BCUT2D eigenvalue weighted by Crippen LogP contribution is -2.10. The second kappa shape index (κ2) is 5.95. The Morgan fingerprint density at radius 1 is 1.00 bits per heavy atom. The Hall–Kier alpha value is -1.18. The summed E-state index contributed by atoms with van der Waals surface area (Å²) in [6.07, 6.45) is 2.37. The van der Waals surface area contributed by atoms with Crippen LogP contribution < -0.4 is 0 Å². The number of rotatable bonds is 5. The summed E-state index contributed by atoms with van der Waals surface area (Å²) < 4.78 is 0. The van der Waals surface area contributed by atoms with Gasteiger partial charge in [-0.2, -0.15) is 0 Å². The van der Waals surface area contributed by atoms with Crippen LogP contribution in [0.3, 0.4) is 0 Å². The van der Waals surface area contributed by atoms with Gasteiger partial charge in [0.25, 0.3) is 0 Å². The Bertz CT molecular complexity index is 340. The first kappa shape index (κ1) is 13.9. The average molecular weight is 236 g/mol. The zero-order valence-corrected chi connectivity index (χ0v) is 11.3. The van der Waals surface area contributed by atoms with E-state index < -0.39 is 0 Å². The third kappa shape index (κ3) is 3.95. The van der Waals surface area contributed by atoms with Crippen molar-refractivity contribution in [1.29, 1.82) is 0 Å². The molecule has 3 atom stereocenters. The molecule has 17 heavy (non-hydrogen) atoms. The molecule has 0 aliphatic rings.